The van der Waals surface area contributed by atoms with E-state index in [0.717, 1.165) is 4.57 Å². The minimum absolute atomic E-state index is 0.0190. The highest BCUT2D eigenvalue weighted by Gasteiger charge is 2.38. The summed E-state index contributed by atoms with van der Waals surface area (Å²) in [5.41, 5.74) is 0.462. The van der Waals surface area contributed by atoms with Gasteiger partial charge in [-0.05, 0) is 25.0 Å². The first-order valence-corrected chi connectivity index (χ1v) is 8.33. The number of fused-ring (bicyclic) bond motifs is 1. The summed E-state index contributed by atoms with van der Waals surface area (Å²) in [5, 5.41) is 2.77. The van der Waals surface area contributed by atoms with Gasteiger partial charge in [0.15, 0.2) is 0 Å². The lowest BCUT2D eigenvalue weighted by Crippen LogP contribution is -2.46. The molecule has 1 N–H and O–H groups in total. The summed E-state index contributed by atoms with van der Waals surface area (Å²) in [5.74, 6) is -1.60. The fourth-order valence-corrected chi connectivity index (χ4v) is 3.21. The molecule has 6 nitrogen and oxygen atoms in total. The average molecular weight is 368 g/mol. The minimum atomic E-state index is -4.65. The van der Waals surface area contributed by atoms with Crippen LogP contribution in [0.5, 0.6) is 0 Å². The summed E-state index contributed by atoms with van der Waals surface area (Å²) in [6.07, 6.45) is -3.48. The van der Waals surface area contributed by atoms with Crippen molar-refractivity contribution in [1.29, 1.82) is 0 Å². The number of para-hydroxylation sites is 2. The van der Waals surface area contributed by atoms with Gasteiger partial charge >= 0.3 is 6.18 Å². The van der Waals surface area contributed by atoms with Crippen LogP contribution in [0.25, 0.3) is 11.0 Å². The Morgan fingerprint density at radius 3 is 2.50 bits per heavy atom. The number of halogens is 3. The summed E-state index contributed by atoms with van der Waals surface area (Å²) >= 11 is 0. The van der Waals surface area contributed by atoms with Gasteiger partial charge < -0.3 is 14.8 Å². The van der Waals surface area contributed by atoms with Crippen LogP contribution in [0.2, 0.25) is 0 Å². The number of alkyl halides is 3. The number of amides is 2. The Balaban J connectivity index is 1.73. The van der Waals surface area contributed by atoms with Gasteiger partial charge in [-0.15, -0.1) is 0 Å². The molecular weight excluding hydrogens is 349 g/mol. The van der Waals surface area contributed by atoms with E-state index in [1.165, 1.54) is 19.1 Å². The van der Waals surface area contributed by atoms with E-state index >= 15 is 0 Å². The smallest absolute Gasteiger partial charge is 0.352 e. The largest absolute Gasteiger partial charge is 0.449 e. The molecule has 0 spiro atoms. The van der Waals surface area contributed by atoms with Gasteiger partial charge in [-0.2, -0.15) is 13.2 Å². The molecule has 26 heavy (non-hydrogen) atoms. The number of hydrogen-bond donors (Lipinski definition) is 1. The van der Waals surface area contributed by atoms with Crippen molar-refractivity contribution in [3.63, 3.8) is 0 Å². The molecule has 0 atom stereocenters. The molecule has 0 unspecified atom stereocenters. The Morgan fingerprint density at radius 1 is 1.23 bits per heavy atom. The summed E-state index contributed by atoms with van der Waals surface area (Å²) in [6, 6.07) is 6.05. The minimum Gasteiger partial charge on any atom is -0.352 e. The fraction of sp³-hybridized carbons (Fsp3) is 0.471. The van der Waals surface area contributed by atoms with Crippen LogP contribution in [-0.2, 0) is 22.3 Å². The molecule has 140 valence electrons. The lowest BCUT2D eigenvalue weighted by atomic mass is 10.1. The monoisotopic (exact) mass is 368 g/mol. The molecule has 0 radical (unpaired) electrons. The summed E-state index contributed by atoms with van der Waals surface area (Å²) < 4.78 is 40.7. The molecule has 1 fully saturated rings. The van der Waals surface area contributed by atoms with E-state index in [4.69, 9.17) is 0 Å². The number of rotatable bonds is 3. The zero-order valence-electron chi connectivity index (χ0n) is 14.2. The SMILES string of the molecule is CC(=O)N1CCC(NC(=O)Cn2c(C(F)(F)F)nc3ccccc32)CC1. The van der Waals surface area contributed by atoms with Gasteiger partial charge in [-0.1, -0.05) is 12.1 Å². The maximum absolute atomic E-state index is 13.3. The highest BCUT2D eigenvalue weighted by atomic mass is 19.4. The van der Waals surface area contributed by atoms with Gasteiger partial charge in [0.1, 0.15) is 6.54 Å². The number of imidazole rings is 1. The van der Waals surface area contributed by atoms with Crippen molar-refractivity contribution >= 4 is 22.8 Å². The Morgan fingerprint density at radius 2 is 1.88 bits per heavy atom. The van der Waals surface area contributed by atoms with Crippen molar-refractivity contribution in [1.82, 2.24) is 19.8 Å². The number of carbonyl (C=O) groups is 2. The molecule has 1 aromatic carbocycles. The summed E-state index contributed by atoms with van der Waals surface area (Å²) in [6.45, 7) is 2.09. The molecule has 3 rings (SSSR count). The molecule has 9 heteroatoms. The zero-order chi connectivity index (χ0) is 18.9. The zero-order valence-corrected chi connectivity index (χ0v) is 14.2. The standard InChI is InChI=1S/C17H19F3N4O2/c1-11(25)23-8-6-12(7-9-23)21-15(26)10-24-14-5-3-2-4-13(14)22-16(24)17(18,19)20/h2-5,12H,6-10H2,1H3,(H,21,26). The molecule has 1 saturated heterocycles. The van der Waals surface area contributed by atoms with Crippen molar-refractivity contribution in [3.8, 4) is 0 Å². The van der Waals surface area contributed by atoms with E-state index in [9.17, 15) is 22.8 Å². The number of nitrogens with one attached hydrogen (secondary N) is 1. The third-order valence-electron chi connectivity index (χ3n) is 4.52. The van der Waals surface area contributed by atoms with Crippen LogP contribution in [0.1, 0.15) is 25.6 Å². The van der Waals surface area contributed by atoms with Crippen LogP contribution in [-0.4, -0.2) is 45.4 Å². The van der Waals surface area contributed by atoms with Crippen molar-refractivity contribution in [2.45, 2.75) is 38.5 Å². The van der Waals surface area contributed by atoms with Crippen LogP contribution in [0.3, 0.4) is 0 Å². The topological polar surface area (TPSA) is 67.2 Å². The number of aromatic nitrogens is 2. The van der Waals surface area contributed by atoms with Gasteiger partial charge in [0, 0.05) is 26.1 Å². The number of carbonyl (C=O) groups excluding carboxylic acids is 2. The van der Waals surface area contributed by atoms with Crippen molar-refractivity contribution in [2.24, 2.45) is 0 Å². The van der Waals surface area contributed by atoms with E-state index in [0.29, 0.717) is 25.9 Å². The predicted molar refractivity (Wildman–Crippen MR) is 88.2 cm³/mol. The van der Waals surface area contributed by atoms with Crippen molar-refractivity contribution < 1.29 is 22.8 Å². The van der Waals surface area contributed by atoms with Gasteiger partial charge in [0.05, 0.1) is 11.0 Å². The first-order chi connectivity index (χ1) is 12.3. The second-order valence-corrected chi connectivity index (χ2v) is 6.36. The van der Waals surface area contributed by atoms with Crippen LogP contribution >= 0.6 is 0 Å². The number of nitrogens with zero attached hydrogens (tertiary/aromatic N) is 3. The highest BCUT2D eigenvalue weighted by molar-refractivity contribution is 5.81. The summed E-state index contributed by atoms with van der Waals surface area (Å²) in [4.78, 5) is 28.9. The normalized spacial score (nSPS) is 16.1. The molecule has 1 aromatic heterocycles. The van der Waals surface area contributed by atoms with Crippen LogP contribution < -0.4 is 5.32 Å². The molecule has 2 amide bonds. The molecular formula is C17H19F3N4O2. The fourth-order valence-electron chi connectivity index (χ4n) is 3.21. The Kier molecular flexibility index (Phi) is 4.88. The second kappa shape index (κ2) is 6.97. The molecule has 1 aliphatic rings. The van der Waals surface area contributed by atoms with E-state index in [2.05, 4.69) is 10.3 Å². The average Bonchev–Trinajstić information content (AvgIpc) is 2.94. The number of benzene rings is 1. The quantitative estimate of drug-likeness (QED) is 0.903. The van der Waals surface area contributed by atoms with Crippen LogP contribution in [0.15, 0.2) is 24.3 Å². The molecule has 0 aliphatic carbocycles. The number of likely N-dealkylation sites (tertiary alicyclic amines) is 1. The molecule has 0 saturated carbocycles. The Hall–Kier alpha value is -2.58. The maximum Gasteiger partial charge on any atom is 0.449 e. The lowest BCUT2D eigenvalue weighted by Gasteiger charge is -2.31. The Labute approximate surface area is 148 Å². The third-order valence-corrected chi connectivity index (χ3v) is 4.52. The number of piperidine rings is 1. The molecule has 0 bridgehead atoms. The first kappa shape index (κ1) is 18.2. The first-order valence-electron chi connectivity index (χ1n) is 8.33. The van der Waals surface area contributed by atoms with E-state index in [1.54, 1.807) is 17.0 Å². The molecule has 1 aliphatic heterocycles. The van der Waals surface area contributed by atoms with Gasteiger partial charge in [0.2, 0.25) is 17.6 Å². The van der Waals surface area contributed by atoms with Crippen molar-refractivity contribution in [2.75, 3.05) is 13.1 Å². The third kappa shape index (κ3) is 3.81. The predicted octanol–water partition coefficient (Wildman–Crippen LogP) is 2.18. The van der Waals surface area contributed by atoms with E-state index in [-0.39, 0.29) is 23.0 Å². The highest BCUT2D eigenvalue weighted by Crippen LogP contribution is 2.31. The Bertz CT molecular complexity index is 823. The maximum atomic E-state index is 13.3. The van der Waals surface area contributed by atoms with Gasteiger partial charge in [0.25, 0.3) is 0 Å². The molecule has 2 heterocycles. The van der Waals surface area contributed by atoms with Gasteiger partial charge in [-0.25, -0.2) is 4.98 Å². The number of hydrogen-bond acceptors (Lipinski definition) is 3. The van der Waals surface area contributed by atoms with E-state index < -0.39 is 24.5 Å². The van der Waals surface area contributed by atoms with Gasteiger partial charge in [-0.3, -0.25) is 9.59 Å². The van der Waals surface area contributed by atoms with E-state index in [1.807, 2.05) is 0 Å². The second-order valence-electron chi connectivity index (χ2n) is 6.36. The lowest BCUT2D eigenvalue weighted by molar-refractivity contribution is -0.147. The summed E-state index contributed by atoms with van der Waals surface area (Å²) in [7, 11) is 0. The van der Waals surface area contributed by atoms with Crippen LogP contribution in [0.4, 0.5) is 13.2 Å². The van der Waals surface area contributed by atoms with Crippen molar-refractivity contribution in [3.05, 3.63) is 30.1 Å². The van der Waals surface area contributed by atoms with Crippen LogP contribution in [0, 0.1) is 0 Å². The molecule has 2 aromatic rings.